The van der Waals surface area contributed by atoms with Crippen molar-refractivity contribution < 1.29 is 9.53 Å². The van der Waals surface area contributed by atoms with E-state index in [1.807, 2.05) is 72.6 Å². The van der Waals surface area contributed by atoms with Gasteiger partial charge in [0.05, 0.1) is 17.7 Å². The fourth-order valence-electron chi connectivity index (χ4n) is 4.34. The van der Waals surface area contributed by atoms with E-state index in [0.29, 0.717) is 25.3 Å². The largest absolute Gasteiger partial charge is 0.494 e. The molecule has 1 aliphatic rings. The molecule has 1 amide bonds. The highest BCUT2D eigenvalue weighted by atomic mass is 16.5. The lowest BCUT2D eigenvalue weighted by Crippen LogP contribution is -2.36. The molecule has 0 unspecified atom stereocenters. The molecule has 0 radical (unpaired) electrons. The average Bonchev–Trinajstić information content (AvgIpc) is 2.83. The van der Waals surface area contributed by atoms with E-state index in [0.717, 1.165) is 34.2 Å². The van der Waals surface area contributed by atoms with Crippen LogP contribution in [0.4, 0.5) is 0 Å². The molecular formula is C27H24N2O2. The van der Waals surface area contributed by atoms with Gasteiger partial charge in [0, 0.05) is 30.2 Å². The SMILES string of the molecule is CCOc1cccc(-c2cnc3ccccc3c2C(=O)N2CCc3ccccc3C2)c1. The smallest absolute Gasteiger partial charge is 0.255 e. The van der Waals surface area contributed by atoms with E-state index in [1.54, 1.807) is 0 Å². The predicted molar refractivity (Wildman–Crippen MR) is 123 cm³/mol. The lowest BCUT2D eigenvalue weighted by molar-refractivity contribution is 0.0737. The molecule has 1 aliphatic heterocycles. The van der Waals surface area contributed by atoms with Crippen LogP contribution in [0.15, 0.2) is 79.0 Å². The molecular weight excluding hydrogens is 384 g/mol. The first kappa shape index (κ1) is 19.3. The molecule has 0 N–H and O–H groups in total. The van der Waals surface area contributed by atoms with Crippen molar-refractivity contribution in [2.24, 2.45) is 0 Å². The number of carbonyl (C=O) groups is 1. The summed E-state index contributed by atoms with van der Waals surface area (Å²) in [5.41, 5.74) is 5.86. The summed E-state index contributed by atoms with van der Waals surface area (Å²) >= 11 is 0. The second-order valence-corrected chi connectivity index (χ2v) is 7.77. The summed E-state index contributed by atoms with van der Waals surface area (Å²) in [5, 5.41) is 0.880. The molecule has 154 valence electrons. The summed E-state index contributed by atoms with van der Waals surface area (Å²) in [5.74, 6) is 0.836. The Hall–Kier alpha value is -3.66. The maximum Gasteiger partial charge on any atom is 0.255 e. The van der Waals surface area contributed by atoms with Gasteiger partial charge in [0.25, 0.3) is 5.91 Å². The third-order valence-electron chi connectivity index (χ3n) is 5.86. The summed E-state index contributed by atoms with van der Waals surface area (Å²) in [7, 11) is 0. The second-order valence-electron chi connectivity index (χ2n) is 7.77. The van der Waals surface area contributed by atoms with Crippen LogP contribution < -0.4 is 4.74 Å². The summed E-state index contributed by atoms with van der Waals surface area (Å²) < 4.78 is 5.70. The lowest BCUT2D eigenvalue weighted by Gasteiger charge is -2.30. The third kappa shape index (κ3) is 3.66. The van der Waals surface area contributed by atoms with Crippen LogP contribution in [-0.4, -0.2) is 28.9 Å². The molecule has 2 heterocycles. The Labute approximate surface area is 182 Å². The van der Waals surface area contributed by atoms with Gasteiger partial charge >= 0.3 is 0 Å². The standard InChI is InChI=1S/C27H24N2O2/c1-2-31-22-11-7-10-20(16-22)24-17-28-25-13-6-5-12-23(25)26(24)27(30)29-15-14-19-8-3-4-9-21(19)18-29/h3-13,16-17H,2,14-15,18H2,1H3. The molecule has 0 fully saturated rings. The first-order valence-electron chi connectivity index (χ1n) is 10.7. The predicted octanol–water partition coefficient (Wildman–Crippen LogP) is 5.50. The Morgan fingerprint density at radius 1 is 1.00 bits per heavy atom. The van der Waals surface area contributed by atoms with Gasteiger partial charge < -0.3 is 9.64 Å². The molecule has 0 bridgehead atoms. The van der Waals surface area contributed by atoms with Crippen LogP contribution >= 0.6 is 0 Å². The zero-order valence-electron chi connectivity index (χ0n) is 17.5. The first-order chi connectivity index (χ1) is 15.2. The molecule has 4 aromatic rings. The molecule has 3 aromatic carbocycles. The maximum absolute atomic E-state index is 13.9. The minimum absolute atomic E-state index is 0.0462. The van der Waals surface area contributed by atoms with Crippen molar-refractivity contribution >= 4 is 16.8 Å². The highest BCUT2D eigenvalue weighted by molar-refractivity contribution is 6.11. The van der Waals surface area contributed by atoms with E-state index in [2.05, 4.69) is 23.2 Å². The Morgan fingerprint density at radius 3 is 2.68 bits per heavy atom. The van der Waals surface area contributed by atoms with Gasteiger partial charge in [0.15, 0.2) is 0 Å². The summed E-state index contributed by atoms with van der Waals surface area (Å²) in [6, 6.07) is 24.1. The molecule has 5 rings (SSSR count). The molecule has 0 saturated heterocycles. The van der Waals surface area contributed by atoms with E-state index in [4.69, 9.17) is 4.74 Å². The number of aromatic nitrogens is 1. The Bertz CT molecular complexity index is 1270. The van der Waals surface area contributed by atoms with Gasteiger partial charge in [-0.15, -0.1) is 0 Å². The average molecular weight is 409 g/mol. The van der Waals surface area contributed by atoms with Gasteiger partial charge in [0.2, 0.25) is 0 Å². The van der Waals surface area contributed by atoms with Crippen LogP contribution in [0.2, 0.25) is 0 Å². The third-order valence-corrected chi connectivity index (χ3v) is 5.86. The van der Waals surface area contributed by atoms with Crippen molar-refractivity contribution in [1.82, 2.24) is 9.88 Å². The van der Waals surface area contributed by atoms with Crippen LogP contribution in [0.3, 0.4) is 0 Å². The number of benzene rings is 3. The molecule has 31 heavy (non-hydrogen) atoms. The number of pyridine rings is 1. The summed E-state index contributed by atoms with van der Waals surface area (Å²) in [4.78, 5) is 20.5. The number of ether oxygens (including phenoxy) is 1. The van der Waals surface area contributed by atoms with E-state index in [1.165, 1.54) is 11.1 Å². The first-order valence-corrected chi connectivity index (χ1v) is 10.7. The minimum Gasteiger partial charge on any atom is -0.494 e. The molecule has 4 heteroatoms. The number of hydrogen-bond donors (Lipinski definition) is 0. The van der Waals surface area contributed by atoms with Crippen LogP contribution in [0.5, 0.6) is 5.75 Å². The fourth-order valence-corrected chi connectivity index (χ4v) is 4.34. The number of carbonyl (C=O) groups excluding carboxylic acids is 1. The number of hydrogen-bond acceptors (Lipinski definition) is 3. The van der Waals surface area contributed by atoms with Crippen molar-refractivity contribution in [2.75, 3.05) is 13.2 Å². The van der Waals surface area contributed by atoms with Crippen molar-refractivity contribution in [3.8, 4) is 16.9 Å². The van der Waals surface area contributed by atoms with Crippen LogP contribution in [0.25, 0.3) is 22.0 Å². The fraction of sp³-hybridized carbons (Fsp3) is 0.185. The van der Waals surface area contributed by atoms with Crippen molar-refractivity contribution in [3.63, 3.8) is 0 Å². The summed E-state index contributed by atoms with van der Waals surface area (Å²) in [6.45, 7) is 3.90. The summed E-state index contributed by atoms with van der Waals surface area (Å²) in [6.07, 6.45) is 2.69. The van der Waals surface area contributed by atoms with Gasteiger partial charge in [0.1, 0.15) is 5.75 Å². The highest BCUT2D eigenvalue weighted by Crippen LogP contribution is 2.33. The van der Waals surface area contributed by atoms with E-state index < -0.39 is 0 Å². The zero-order chi connectivity index (χ0) is 21.2. The zero-order valence-corrected chi connectivity index (χ0v) is 17.5. The van der Waals surface area contributed by atoms with Gasteiger partial charge in [-0.2, -0.15) is 0 Å². The number of para-hydroxylation sites is 1. The second kappa shape index (κ2) is 8.23. The molecule has 4 nitrogen and oxygen atoms in total. The van der Waals surface area contributed by atoms with E-state index in [-0.39, 0.29) is 5.91 Å². The minimum atomic E-state index is 0.0462. The van der Waals surface area contributed by atoms with Gasteiger partial charge in [-0.3, -0.25) is 9.78 Å². The Kier molecular flexibility index (Phi) is 5.13. The van der Waals surface area contributed by atoms with E-state index >= 15 is 0 Å². The van der Waals surface area contributed by atoms with Crippen molar-refractivity contribution in [2.45, 2.75) is 19.9 Å². The molecule has 1 aromatic heterocycles. The van der Waals surface area contributed by atoms with Gasteiger partial charge in [-0.1, -0.05) is 54.6 Å². The van der Waals surface area contributed by atoms with Crippen LogP contribution in [-0.2, 0) is 13.0 Å². The monoisotopic (exact) mass is 408 g/mol. The maximum atomic E-state index is 13.9. The Balaban J connectivity index is 1.62. The number of amides is 1. The van der Waals surface area contributed by atoms with Crippen molar-refractivity contribution in [3.05, 3.63) is 95.7 Å². The molecule has 0 aliphatic carbocycles. The lowest BCUT2D eigenvalue weighted by atomic mass is 9.94. The molecule has 0 spiro atoms. The number of rotatable bonds is 4. The van der Waals surface area contributed by atoms with E-state index in [9.17, 15) is 4.79 Å². The quantitative estimate of drug-likeness (QED) is 0.448. The molecule has 0 saturated carbocycles. The number of fused-ring (bicyclic) bond motifs is 2. The normalized spacial score (nSPS) is 13.1. The van der Waals surface area contributed by atoms with Gasteiger partial charge in [-0.05, 0) is 48.2 Å². The number of nitrogens with zero attached hydrogens (tertiary/aromatic N) is 2. The topological polar surface area (TPSA) is 42.4 Å². The highest BCUT2D eigenvalue weighted by Gasteiger charge is 2.26. The van der Waals surface area contributed by atoms with Crippen molar-refractivity contribution in [1.29, 1.82) is 0 Å². The van der Waals surface area contributed by atoms with Crippen LogP contribution in [0.1, 0.15) is 28.4 Å². The van der Waals surface area contributed by atoms with Gasteiger partial charge in [-0.25, -0.2) is 0 Å². The Morgan fingerprint density at radius 2 is 1.81 bits per heavy atom. The van der Waals surface area contributed by atoms with Crippen LogP contribution in [0, 0.1) is 0 Å². The molecule has 0 atom stereocenters.